The van der Waals surface area contributed by atoms with Crippen LogP contribution in [0.25, 0.3) is 0 Å². The Hall–Kier alpha value is -1.72. The van der Waals surface area contributed by atoms with Gasteiger partial charge < -0.3 is 11.1 Å². The van der Waals surface area contributed by atoms with Crippen molar-refractivity contribution in [1.29, 1.82) is 0 Å². The van der Waals surface area contributed by atoms with Gasteiger partial charge in [0.1, 0.15) is 4.99 Å². The highest BCUT2D eigenvalue weighted by molar-refractivity contribution is 7.80. The molecule has 2 aromatic rings. The van der Waals surface area contributed by atoms with Crippen LogP contribution in [0.3, 0.4) is 0 Å². The monoisotopic (exact) mass is 290 g/mol. The van der Waals surface area contributed by atoms with Gasteiger partial charge in [-0.2, -0.15) is 11.3 Å². The molecule has 0 spiro atoms. The smallest absolute Gasteiger partial charge is 0.251 e. The van der Waals surface area contributed by atoms with E-state index in [0.717, 1.165) is 12.0 Å². The lowest BCUT2D eigenvalue weighted by molar-refractivity contribution is 0.0954. The molecule has 0 atom stereocenters. The molecule has 1 aromatic heterocycles. The van der Waals surface area contributed by atoms with E-state index in [2.05, 4.69) is 16.8 Å². The molecule has 19 heavy (non-hydrogen) atoms. The first-order valence-corrected chi connectivity index (χ1v) is 7.21. The Balaban J connectivity index is 1.87. The lowest BCUT2D eigenvalue weighted by atomic mass is 10.1. The van der Waals surface area contributed by atoms with Gasteiger partial charge in [0, 0.05) is 17.7 Å². The zero-order chi connectivity index (χ0) is 13.7. The fourth-order valence-electron chi connectivity index (χ4n) is 1.64. The van der Waals surface area contributed by atoms with Crippen LogP contribution in [0.4, 0.5) is 0 Å². The fourth-order valence-corrected chi connectivity index (χ4v) is 2.48. The summed E-state index contributed by atoms with van der Waals surface area (Å²) in [5, 5.41) is 7.01. The van der Waals surface area contributed by atoms with Crippen molar-refractivity contribution in [3.8, 4) is 0 Å². The Bertz CT molecular complexity index is 562. The van der Waals surface area contributed by atoms with Crippen LogP contribution in [0.2, 0.25) is 0 Å². The van der Waals surface area contributed by atoms with E-state index in [9.17, 15) is 4.79 Å². The molecule has 1 amide bonds. The molecule has 0 fully saturated rings. The lowest BCUT2D eigenvalue weighted by Crippen LogP contribution is -2.25. The van der Waals surface area contributed by atoms with Gasteiger partial charge in [-0.05, 0) is 40.9 Å². The van der Waals surface area contributed by atoms with Crippen LogP contribution in [0, 0.1) is 0 Å². The number of rotatable bonds is 5. The van der Waals surface area contributed by atoms with Crippen molar-refractivity contribution >= 4 is 34.5 Å². The Kier molecular flexibility index (Phi) is 4.65. The summed E-state index contributed by atoms with van der Waals surface area (Å²) in [7, 11) is 0. The Labute approximate surface area is 121 Å². The average molecular weight is 290 g/mol. The highest BCUT2D eigenvalue weighted by atomic mass is 32.1. The van der Waals surface area contributed by atoms with Gasteiger partial charge in [0.2, 0.25) is 0 Å². The molecule has 3 nitrogen and oxygen atoms in total. The number of hydrogen-bond acceptors (Lipinski definition) is 3. The highest BCUT2D eigenvalue weighted by Crippen LogP contribution is 2.07. The zero-order valence-corrected chi connectivity index (χ0v) is 11.9. The summed E-state index contributed by atoms with van der Waals surface area (Å²) in [5.74, 6) is -0.0790. The maximum Gasteiger partial charge on any atom is 0.251 e. The van der Waals surface area contributed by atoms with Crippen molar-refractivity contribution in [3.63, 3.8) is 0 Å². The minimum atomic E-state index is -0.0790. The molecule has 0 aliphatic heterocycles. The second-order valence-corrected chi connectivity index (χ2v) is 5.30. The molecule has 0 saturated carbocycles. The third-order valence-corrected chi connectivity index (χ3v) is 3.68. The van der Waals surface area contributed by atoms with Gasteiger partial charge in [0.15, 0.2) is 0 Å². The predicted molar refractivity (Wildman–Crippen MR) is 82.7 cm³/mol. The van der Waals surface area contributed by atoms with E-state index in [0.29, 0.717) is 17.1 Å². The summed E-state index contributed by atoms with van der Waals surface area (Å²) in [6.07, 6.45) is 0.847. The first-order chi connectivity index (χ1) is 9.16. The topological polar surface area (TPSA) is 55.1 Å². The molecule has 98 valence electrons. The molecule has 0 unspecified atom stereocenters. The first kappa shape index (κ1) is 13.7. The Morgan fingerprint density at radius 2 is 1.89 bits per heavy atom. The molecule has 0 aliphatic carbocycles. The van der Waals surface area contributed by atoms with E-state index in [1.807, 2.05) is 5.38 Å². The van der Waals surface area contributed by atoms with Crippen molar-refractivity contribution in [2.24, 2.45) is 5.73 Å². The van der Waals surface area contributed by atoms with Crippen LogP contribution in [-0.4, -0.2) is 17.4 Å². The first-order valence-electron chi connectivity index (χ1n) is 5.86. The number of amides is 1. The second kappa shape index (κ2) is 6.45. The van der Waals surface area contributed by atoms with Gasteiger partial charge in [-0.1, -0.05) is 24.4 Å². The van der Waals surface area contributed by atoms with Crippen molar-refractivity contribution < 1.29 is 4.79 Å². The summed E-state index contributed by atoms with van der Waals surface area (Å²) >= 11 is 6.53. The SMILES string of the molecule is NC(=S)c1ccc(C(=O)NCCc2ccsc2)cc1. The second-order valence-electron chi connectivity index (χ2n) is 4.08. The van der Waals surface area contributed by atoms with E-state index in [1.165, 1.54) is 5.56 Å². The van der Waals surface area contributed by atoms with Crippen LogP contribution in [0.1, 0.15) is 21.5 Å². The van der Waals surface area contributed by atoms with E-state index in [4.69, 9.17) is 18.0 Å². The quantitative estimate of drug-likeness (QED) is 0.831. The maximum absolute atomic E-state index is 11.9. The minimum absolute atomic E-state index is 0.0790. The summed E-state index contributed by atoms with van der Waals surface area (Å²) < 4.78 is 0. The molecule has 3 N–H and O–H groups in total. The molecule has 0 radical (unpaired) electrons. The van der Waals surface area contributed by atoms with Crippen LogP contribution in [0.15, 0.2) is 41.1 Å². The van der Waals surface area contributed by atoms with Crippen LogP contribution < -0.4 is 11.1 Å². The standard InChI is InChI=1S/C14H14N2OS2/c15-13(18)11-1-3-12(4-2-11)14(17)16-7-5-10-6-8-19-9-10/h1-4,6,8-9H,5,7H2,(H2,15,18)(H,16,17). The maximum atomic E-state index is 11.9. The third kappa shape index (κ3) is 3.87. The number of benzene rings is 1. The summed E-state index contributed by atoms with van der Waals surface area (Å²) in [6, 6.07) is 9.04. The number of nitrogens with one attached hydrogen (secondary N) is 1. The number of nitrogens with two attached hydrogens (primary N) is 1. The van der Waals surface area contributed by atoms with Crippen LogP contribution in [0.5, 0.6) is 0 Å². The summed E-state index contributed by atoms with van der Waals surface area (Å²) in [4.78, 5) is 12.2. The molecular formula is C14H14N2OS2. The lowest BCUT2D eigenvalue weighted by Gasteiger charge is -2.05. The molecule has 1 aromatic carbocycles. The molecule has 2 rings (SSSR count). The average Bonchev–Trinajstić information content (AvgIpc) is 2.92. The molecule has 0 bridgehead atoms. The van der Waals surface area contributed by atoms with Gasteiger partial charge in [0.25, 0.3) is 5.91 Å². The molecule has 0 aliphatic rings. The van der Waals surface area contributed by atoms with E-state index < -0.39 is 0 Å². The number of carbonyl (C=O) groups excluding carboxylic acids is 1. The van der Waals surface area contributed by atoms with E-state index in [-0.39, 0.29) is 5.91 Å². The van der Waals surface area contributed by atoms with Crippen molar-refractivity contribution in [3.05, 3.63) is 57.8 Å². The van der Waals surface area contributed by atoms with Gasteiger partial charge in [-0.3, -0.25) is 4.79 Å². The highest BCUT2D eigenvalue weighted by Gasteiger charge is 2.05. The molecule has 1 heterocycles. The Morgan fingerprint density at radius 3 is 2.47 bits per heavy atom. The van der Waals surface area contributed by atoms with Gasteiger partial charge >= 0.3 is 0 Å². The fraction of sp³-hybridized carbons (Fsp3) is 0.143. The normalized spacial score (nSPS) is 10.1. The van der Waals surface area contributed by atoms with Gasteiger partial charge in [0.05, 0.1) is 0 Å². The van der Waals surface area contributed by atoms with E-state index in [1.54, 1.807) is 35.6 Å². The number of carbonyl (C=O) groups is 1. The summed E-state index contributed by atoms with van der Waals surface area (Å²) in [6.45, 7) is 0.632. The van der Waals surface area contributed by atoms with Crippen molar-refractivity contribution in [1.82, 2.24) is 5.32 Å². The minimum Gasteiger partial charge on any atom is -0.389 e. The largest absolute Gasteiger partial charge is 0.389 e. The molecule has 5 heteroatoms. The zero-order valence-electron chi connectivity index (χ0n) is 10.3. The van der Waals surface area contributed by atoms with Gasteiger partial charge in [-0.15, -0.1) is 0 Å². The number of thiophene rings is 1. The number of thiocarbonyl (C=S) groups is 1. The third-order valence-electron chi connectivity index (χ3n) is 2.71. The van der Waals surface area contributed by atoms with Crippen LogP contribution >= 0.6 is 23.6 Å². The Morgan fingerprint density at radius 1 is 1.21 bits per heavy atom. The van der Waals surface area contributed by atoms with E-state index >= 15 is 0 Å². The summed E-state index contributed by atoms with van der Waals surface area (Å²) in [5.41, 5.74) is 8.14. The van der Waals surface area contributed by atoms with Crippen molar-refractivity contribution in [2.75, 3.05) is 6.54 Å². The number of hydrogen-bond donors (Lipinski definition) is 2. The van der Waals surface area contributed by atoms with Crippen LogP contribution in [-0.2, 0) is 6.42 Å². The van der Waals surface area contributed by atoms with Crippen molar-refractivity contribution in [2.45, 2.75) is 6.42 Å². The predicted octanol–water partition coefficient (Wildman–Crippen LogP) is 2.35. The molecule has 0 saturated heterocycles. The molecular weight excluding hydrogens is 276 g/mol. The van der Waals surface area contributed by atoms with Gasteiger partial charge in [-0.25, -0.2) is 0 Å².